The van der Waals surface area contributed by atoms with Crippen LogP contribution in [0.2, 0.25) is 0 Å². The lowest BCUT2D eigenvalue weighted by Gasteiger charge is -2.21. The Hall–Kier alpha value is -1.68. The Kier molecular flexibility index (Phi) is 3.34. The third-order valence-corrected chi connectivity index (χ3v) is 4.57. The number of rotatable bonds is 3. The molecular weight excluding hydrogens is 252 g/mol. The summed E-state index contributed by atoms with van der Waals surface area (Å²) in [5.74, 6) is 0.246. The minimum Gasteiger partial charge on any atom is -0.322 e. The molecule has 2 aliphatic rings. The summed E-state index contributed by atoms with van der Waals surface area (Å²) in [4.78, 5) is 26.1. The zero-order valence-electron chi connectivity index (χ0n) is 11.7. The Balaban J connectivity index is 1.73. The maximum Gasteiger partial charge on any atom is 0.233 e. The van der Waals surface area contributed by atoms with Crippen LogP contribution in [0, 0.1) is 17.8 Å². The maximum absolute atomic E-state index is 12.4. The van der Waals surface area contributed by atoms with Gasteiger partial charge < -0.3 is 5.73 Å². The van der Waals surface area contributed by atoms with Gasteiger partial charge in [-0.15, -0.1) is 0 Å². The summed E-state index contributed by atoms with van der Waals surface area (Å²) in [6, 6.07) is 9.31. The fourth-order valence-electron chi connectivity index (χ4n) is 3.53. The van der Waals surface area contributed by atoms with Crippen molar-refractivity contribution in [1.29, 1.82) is 0 Å². The third-order valence-electron chi connectivity index (χ3n) is 4.57. The highest BCUT2D eigenvalue weighted by Gasteiger charge is 2.51. The molecule has 1 aliphatic carbocycles. The van der Waals surface area contributed by atoms with E-state index in [1.54, 1.807) is 0 Å². The Morgan fingerprint density at radius 3 is 2.25 bits per heavy atom. The van der Waals surface area contributed by atoms with E-state index < -0.39 is 0 Å². The van der Waals surface area contributed by atoms with Gasteiger partial charge in [0.15, 0.2) is 0 Å². The van der Waals surface area contributed by atoms with Crippen LogP contribution in [0.4, 0.5) is 0 Å². The molecule has 2 fully saturated rings. The molecule has 1 saturated heterocycles. The predicted octanol–water partition coefficient (Wildman–Crippen LogP) is 1.72. The van der Waals surface area contributed by atoms with Gasteiger partial charge >= 0.3 is 0 Å². The van der Waals surface area contributed by atoms with E-state index in [-0.39, 0.29) is 29.7 Å². The molecule has 1 aromatic carbocycles. The van der Waals surface area contributed by atoms with Gasteiger partial charge in [-0.25, -0.2) is 0 Å². The number of fused-ring (bicyclic) bond motifs is 1. The molecule has 0 bridgehead atoms. The van der Waals surface area contributed by atoms with Gasteiger partial charge in [0.05, 0.1) is 11.8 Å². The molecule has 4 heteroatoms. The van der Waals surface area contributed by atoms with Crippen molar-refractivity contribution in [1.82, 2.24) is 4.90 Å². The van der Waals surface area contributed by atoms with E-state index in [0.29, 0.717) is 12.5 Å². The molecule has 1 saturated carbocycles. The SMILES string of the molecule is CC1CC2C(=O)N(CC(N)c3ccccc3)C(=O)C2C1. The number of amides is 2. The van der Waals surface area contributed by atoms with Crippen LogP contribution in [0.3, 0.4) is 0 Å². The second-order valence-electron chi connectivity index (χ2n) is 6.09. The summed E-state index contributed by atoms with van der Waals surface area (Å²) in [6.07, 6.45) is 1.68. The Labute approximate surface area is 118 Å². The van der Waals surface area contributed by atoms with Crippen molar-refractivity contribution in [2.45, 2.75) is 25.8 Å². The van der Waals surface area contributed by atoms with E-state index in [1.807, 2.05) is 30.3 Å². The van der Waals surface area contributed by atoms with Gasteiger partial charge in [0.1, 0.15) is 0 Å². The average molecular weight is 272 g/mol. The minimum atomic E-state index is -0.305. The molecule has 0 spiro atoms. The van der Waals surface area contributed by atoms with Gasteiger partial charge in [-0.3, -0.25) is 14.5 Å². The van der Waals surface area contributed by atoms with Gasteiger partial charge in [0, 0.05) is 12.6 Å². The molecule has 3 atom stereocenters. The van der Waals surface area contributed by atoms with Gasteiger partial charge in [-0.2, -0.15) is 0 Å². The predicted molar refractivity (Wildman–Crippen MR) is 75.5 cm³/mol. The van der Waals surface area contributed by atoms with Crippen LogP contribution in [0.25, 0.3) is 0 Å². The largest absolute Gasteiger partial charge is 0.322 e. The summed E-state index contributed by atoms with van der Waals surface area (Å²) in [7, 11) is 0. The molecule has 1 aliphatic heterocycles. The van der Waals surface area contributed by atoms with Crippen LogP contribution < -0.4 is 5.73 Å². The van der Waals surface area contributed by atoms with Gasteiger partial charge in [0.2, 0.25) is 11.8 Å². The van der Waals surface area contributed by atoms with Crippen LogP contribution in [-0.2, 0) is 9.59 Å². The van der Waals surface area contributed by atoms with Gasteiger partial charge in [-0.1, -0.05) is 37.3 Å². The van der Waals surface area contributed by atoms with E-state index in [1.165, 1.54) is 4.90 Å². The molecule has 3 unspecified atom stereocenters. The van der Waals surface area contributed by atoms with E-state index >= 15 is 0 Å². The van der Waals surface area contributed by atoms with Crippen molar-refractivity contribution >= 4 is 11.8 Å². The van der Waals surface area contributed by atoms with Gasteiger partial charge in [-0.05, 0) is 24.3 Å². The topological polar surface area (TPSA) is 63.4 Å². The third kappa shape index (κ3) is 2.14. The normalized spacial score (nSPS) is 30.7. The summed E-state index contributed by atoms with van der Waals surface area (Å²) >= 11 is 0. The highest BCUT2D eigenvalue weighted by atomic mass is 16.2. The molecule has 20 heavy (non-hydrogen) atoms. The lowest BCUT2D eigenvalue weighted by molar-refractivity contribution is -0.140. The molecule has 1 heterocycles. The zero-order chi connectivity index (χ0) is 14.3. The Morgan fingerprint density at radius 1 is 1.15 bits per heavy atom. The van der Waals surface area contributed by atoms with Crippen LogP contribution in [0.5, 0.6) is 0 Å². The highest BCUT2D eigenvalue weighted by Crippen LogP contribution is 2.43. The number of nitrogens with zero attached hydrogens (tertiary/aromatic N) is 1. The van der Waals surface area contributed by atoms with Crippen LogP contribution in [0.1, 0.15) is 31.4 Å². The first kappa shape index (κ1) is 13.3. The quantitative estimate of drug-likeness (QED) is 0.852. The van der Waals surface area contributed by atoms with Crippen molar-refractivity contribution < 1.29 is 9.59 Å². The molecule has 1 aromatic rings. The molecule has 2 amide bonds. The van der Waals surface area contributed by atoms with Crippen LogP contribution >= 0.6 is 0 Å². The molecule has 4 nitrogen and oxygen atoms in total. The fourth-order valence-corrected chi connectivity index (χ4v) is 3.53. The Morgan fingerprint density at radius 2 is 1.70 bits per heavy atom. The van der Waals surface area contributed by atoms with Crippen molar-refractivity contribution in [3.8, 4) is 0 Å². The molecule has 106 valence electrons. The van der Waals surface area contributed by atoms with E-state index in [4.69, 9.17) is 5.73 Å². The first-order valence-corrected chi connectivity index (χ1v) is 7.23. The van der Waals surface area contributed by atoms with Crippen LogP contribution in [-0.4, -0.2) is 23.3 Å². The molecule has 0 radical (unpaired) electrons. The first-order chi connectivity index (χ1) is 9.58. The lowest BCUT2D eigenvalue weighted by atomic mass is 10.00. The van der Waals surface area contributed by atoms with Gasteiger partial charge in [0.25, 0.3) is 0 Å². The van der Waals surface area contributed by atoms with Crippen molar-refractivity contribution in [3.05, 3.63) is 35.9 Å². The van der Waals surface area contributed by atoms with Crippen molar-refractivity contribution in [2.24, 2.45) is 23.5 Å². The number of carbonyl (C=O) groups is 2. The lowest BCUT2D eigenvalue weighted by Crippen LogP contribution is -2.38. The van der Waals surface area contributed by atoms with E-state index in [2.05, 4.69) is 6.92 Å². The Bertz CT molecular complexity index is 505. The number of imide groups is 1. The minimum absolute atomic E-state index is 0.0178. The number of likely N-dealkylation sites (tertiary alicyclic amines) is 1. The highest BCUT2D eigenvalue weighted by molar-refractivity contribution is 6.05. The monoisotopic (exact) mass is 272 g/mol. The summed E-state index contributed by atoms with van der Waals surface area (Å²) in [6.45, 7) is 2.40. The summed E-state index contributed by atoms with van der Waals surface area (Å²) in [5.41, 5.74) is 7.09. The second kappa shape index (κ2) is 5.02. The zero-order valence-corrected chi connectivity index (χ0v) is 11.7. The number of nitrogens with two attached hydrogens (primary N) is 1. The molecular formula is C16H20N2O2. The molecule has 0 aromatic heterocycles. The fraction of sp³-hybridized carbons (Fsp3) is 0.500. The molecule has 3 rings (SSSR count). The maximum atomic E-state index is 12.4. The number of hydrogen-bond acceptors (Lipinski definition) is 3. The second-order valence-corrected chi connectivity index (χ2v) is 6.09. The van der Waals surface area contributed by atoms with E-state index in [9.17, 15) is 9.59 Å². The molecule has 2 N–H and O–H groups in total. The smallest absolute Gasteiger partial charge is 0.233 e. The van der Waals surface area contributed by atoms with E-state index in [0.717, 1.165) is 18.4 Å². The van der Waals surface area contributed by atoms with Crippen molar-refractivity contribution in [2.75, 3.05) is 6.54 Å². The first-order valence-electron chi connectivity index (χ1n) is 7.23. The standard InChI is InChI=1S/C16H20N2O2/c1-10-7-12-13(8-10)16(20)18(15(12)19)9-14(17)11-5-3-2-4-6-11/h2-6,10,12-14H,7-9,17H2,1H3. The average Bonchev–Trinajstić information content (AvgIpc) is 2.93. The van der Waals surface area contributed by atoms with Crippen molar-refractivity contribution in [3.63, 3.8) is 0 Å². The number of benzene rings is 1. The number of hydrogen-bond donors (Lipinski definition) is 1. The summed E-state index contributed by atoms with van der Waals surface area (Å²) in [5, 5.41) is 0. The van der Waals surface area contributed by atoms with Crippen LogP contribution in [0.15, 0.2) is 30.3 Å². The summed E-state index contributed by atoms with van der Waals surface area (Å²) < 4.78 is 0. The number of carbonyl (C=O) groups excluding carboxylic acids is 2.